The summed E-state index contributed by atoms with van der Waals surface area (Å²) in [4.78, 5) is 22.6. The second kappa shape index (κ2) is 8.46. The van der Waals surface area contributed by atoms with Crippen molar-refractivity contribution in [2.24, 2.45) is 11.5 Å². The largest absolute Gasteiger partial charge is 0.391 e. The zero-order valence-electron chi connectivity index (χ0n) is 10.1. The van der Waals surface area contributed by atoms with Gasteiger partial charge in [-0.15, -0.1) is 0 Å². The van der Waals surface area contributed by atoms with Gasteiger partial charge < -0.3 is 21.5 Å². The van der Waals surface area contributed by atoms with Crippen molar-refractivity contribution in [3.8, 4) is 0 Å². The summed E-state index contributed by atoms with van der Waals surface area (Å²) in [6.45, 7) is 2.73. The number of unbranched alkanes of at least 4 members (excludes halogenated alkanes) is 1. The molecule has 0 aromatic carbocycles. The van der Waals surface area contributed by atoms with Gasteiger partial charge >= 0.3 is 11.9 Å². The van der Waals surface area contributed by atoms with Gasteiger partial charge in [0.2, 0.25) is 0 Å². The van der Waals surface area contributed by atoms with Crippen molar-refractivity contribution in [1.82, 2.24) is 5.32 Å². The van der Waals surface area contributed by atoms with E-state index in [0.717, 1.165) is 12.8 Å². The monoisotopic (exact) mass is 263 g/mol. The summed E-state index contributed by atoms with van der Waals surface area (Å²) < 4.78 is 4.57. The van der Waals surface area contributed by atoms with E-state index in [4.69, 9.17) is 11.5 Å². The van der Waals surface area contributed by atoms with Crippen LogP contribution >= 0.6 is 12.6 Å². The van der Waals surface area contributed by atoms with Crippen LogP contribution in [-0.2, 0) is 14.3 Å². The molecule has 1 atom stereocenters. The first-order chi connectivity index (χ1) is 7.94. The average molecular weight is 263 g/mol. The number of thiol groups is 1. The van der Waals surface area contributed by atoms with Gasteiger partial charge in [-0.2, -0.15) is 12.6 Å². The SMILES string of the molecule is C[C@@](N)(CS)C(=O)OC(=O)CNCCCCN. The van der Waals surface area contributed by atoms with Crippen molar-refractivity contribution in [1.29, 1.82) is 0 Å². The van der Waals surface area contributed by atoms with Gasteiger partial charge in [-0.05, 0) is 32.9 Å². The number of hydrogen-bond acceptors (Lipinski definition) is 7. The van der Waals surface area contributed by atoms with Crippen LogP contribution < -0.4 is 16.8 Å². The van der Waals surface area contributed by atoms with Gasteiger partial charge in [0, 0.05) is 5.75 Å². The summed E-state index contributed by atoms with van der Waals surface area (Å²) in [5.74, 6) is -1.29. The van der Waals surface area contributed by atoms with E-state index in [1.165, 1.54) is 6.92 Å². The number of rotatable bonds is 8. The second-order valence-electron chi connectivity index (χ2n) is 4.01. The molecule has 0 fully saturated rings. The molecule has 0 unspecified atom stereocenters. The molecule has 5 N–H and O–H groups in total. The Kier molecular flexibility index (Phi) is 8.15. The molecular weight excluding hydrogens is 242 g/mol. The third-order valence-corrected chi connectivity index (χ3v) is 2.74. The lowest BCUT2D eigenvalue weighted by atomic mass is 10.1. The molecule has 0 saturated carbocycles. The molecule has 0 saturated heterocycles. The molecule has 0 aliphatic heterocycles. The van der Waals surface area contributed by atoms with Crippen molar-refractivity contribution in [2.75, 3.05) is 25.4 Å². The fraction of sp³-hybridized carbons (Fsp3) is 0.800. The normalized spacial score (nSPS) is 14.1. The Morgan fingerprint density at radius 2 is 2.06 bits per heavy atom. The van der Waals surface area contributed by atoms with Crippen molar-refractivity contribution < 1.29 is 14.3 Å². The number of carbonyl (C=O) groups excluding carboxylic acids is 2. The second-order valence-corrected chi connectivity index (χ2v) is 4.33. The highest BCUT2D eigenvalue weighted by Crippen LogP contribution is 2.04. The zero-order valence-corrected chi connectivity index (χ0v) is 11.0. The van der Waals surface area contributed by atoms with Gasteiger partial charge in [-0.3, -0.25) is 4.79 Å². The predicted molar refractivity (Wildman–Crippen MR) is 68.7 cm³/mol. The minimum Gasteiger partial charge on any atom is -0.391 e. The molecule has 100 valence electrons. The fourth-order valence-corrected chi connectivity index (χ4v) is 1.03. The molecule has 0 aromatic rings. The van der Waals surface area contributed by atoms with Crippen molar-refractivity contribution in [2.45, 2.75) is 25.3 Å². The van der Waals surface area contributed by atoms with Crippen LogP contribution in [0.2, 0.25) is 0 Å². The van der Waals surface area contributed by atoms with E-state index in [1.807, 2.05) is 0 Å². The van der Waals surface area contributed by atoms with Crippen molar-refractivity contribution in [3.63, 3.8) is 0 Å². The third-order valence-electron chi connectivity index (χ3n) is 2.08. The van der Waals surface area contributed by atoms with Gasteiger partial charge in [0.15, 0.2) is 0 Å². The number of esters is 2. The van der Waals surface area contributed by atoms with Gasteiger partial charge in [0.25, 0.3) is 0 Å². The van der Waals surface area contributed by atoms with E-state index in [9.17, 15) is 9.59 Å². The van der Waals surface area contributed by atoms with Crippen LogP contribution in [0.4, 0.5) is 0 Å². The standard InChI is InChI=1S/C10H21N3O3S/c1-10(12,7-17)9(15)16-8(14)6-13-5-3-2-4-11/h13,17H,2-7,11-12H2,1H3/t10-/m1/s1. The zero-order chi connectivity index (χ0) is 13.3. The van der Waals surface area contributed by atoms with E-state index in [1.54, 1.807) is 0 Å². The highest BCUT2D eigenvalue weighted by molar-refractivity contribution is 7.80. The summed E-state index contributed by atoms with van der Waals surface area (Å²) >= 11 is 3.91. The molecule has 0 amide bonds. The first-order valence-electron chi connectivity index (χ1n) is 5.49. The molecule has 0 aromatic heterocycles. The van der Waals surface area contributed by atoms with Crippen molar-refractivity contribution in [3.05, 3.63) is 0 Å². The van der Waals surface area contributed by atoms with Gasteiger partial charge in [0.1, 0.15) is 5.54 Å². The molecular formula is C10H21N3O3S. The lowest BCUT2D eigenvalue weighted by molar-refractivity contribution is -0.162. The summed E-state index contributed by atoms with van der Waals surface area (Å²) in [5, 5.41) is 2.85. The van der Waals surface area contributed by atoms with Crippen LogP contribution in [0.3, 0.4) is 0 Å². The smallest absolute Gasteiger partial charge is 0.334 e. The van der Waals surface area contributed by atoms with E-state index in [2.05, 4.69) is 22.7 Å². The molecule has 0 spiro atoms. The van der Waals surface area contributed by atoms with Gasteiger partial charge in [-0.25, -0.2) is 4.79 Å². The third kappa shape index (κ3) is 7.32. The quantitative estimate of drug-likeness (QED) is 0.194. The molecule has 7 heteroatoms. The molecule has 0 heterocycles. The average Bonchev–Trinajstić information content (AvgIpc) is 2.28. The van der Waals surface area contributed by atoms with Gasteiger partial charge in [-0.1, -0.05) is 0 Å². The van der Waals surface area contributed by atoms with E-state index in [0.29, 0.717) is 13.1 Å². The van der Waals surface area contributed by atoms with Crippen LogP contribution in [-0.4, -0.2) is 42.9 Å². The summed E-state index contributed by atoms with van der Waals surface area (Å²) in [5.41, 5.74) is 9.64. The molecule has 0 aliphatic rings. The molecule has 0 bridgehead atoms. The summed E-state index contributed by atoms with van der Waals surface area (Å²) in [6.07, 6.45) is 1.77. The lowest BCUT2D eigenvalue weighted by Gasteiger charge is -2.18. The van der Waals surface area contributed by atoms with Crippen molar-refractivity contribution >= 4 is 24.6 Å². The Morgan fingerprint density at radius 1 is 1.41 bits per heavy atom. The molecule has 6 nitrogen and oxygen atoms in total. The maximum absolute atomic E-state index is 11.4. The molecule has 17 heavy (non-hydrogen) atoms. The number of carbonyl (C=O) groups is 2. The Labute approximate surface area is 107 Å². The Balaban J connectivity index is 3.76. The molecule has 0 radical (unpaired) electrons. The number of nitrogens with two attached hydrogens (primary N) is 2. The van der Waals surface area contributed by atoms with Crippen LogP contribution in [0.1, 0.15) is 19.8 Å². The van der Waals surface area contributed by atoms with E-state index < -0.39 is 17.5 Å². The first-order valence-corrected chi connectivity index (χ1v) is 6.13. The maximum atomic E-state index is 11.4. The maximum Gasteiger partial charge on any atom is 0.334 e. The fourth-order valence-electron chi connectivity index (χ4n) is 0.905. The minimum atomic E-state index is -1.24. The number of ether oxygens (including phenoxy) is 1. The first kappa shape index (κ1) is 16.4. The Hall–Kier alpha value is -0.630. The van der Waals surface area contributed by atoms with E-state index in [-0.39, 0.29) is 12.3 Å². The Morgan fingerprint density at radius 3 is 2.59 bits per heavy atom. The van der Waals surface area contributed by atoms with Gasteiger partial charge in [0.05, 0.1) is 6.54 Å². The lowest BCUT2D eigenvalue weighted by Crippen LogP contribution is -2.49. The van der Waals surface area contributed by atoms with Crippen LogP contribution in [0.5, 0.6) is 0 Å². The van der Waals surface area contributed by atoms with Crippen LogP contribution in [0.25, 0.3) is 0 Å². The van der Waals surface area contributed by atoms with Crippen LogP contribution in [0.15, 0.2) is 0 Å². The Bertz CT molecular complexity index is 259. The van der Waals surface area contributed by atoms with E-state index >= 15 is 0 Å². The predicted octanol–water partition coefficient (Wildman–Crippen LogP) is -0.968. The number of nitrogens with one attached hydrogen (secondary N) is 1. The number of hydrogen-bond donors (Lipinski definition) is 4. The minimum absolute atomic E-state index is 0.0149. The highest BCUT2D eigenvalue weighted by Gasteiger charge is 2.30. The summed E-state index contributed by atoms with van der Waals surface area (Å²) in [7, 11) is 0. The highest BCUT2D eigenvalue weighted by atomic mass is 32.1. The topological polar surface area (TPSA) is 107 Å². The van der Waals surface area contributed by atoms with Crippen LogP contribution in [0, 0.1) is 0 Å². The molecule has 0 aliphatic carbocycles. The summed E-state index contributed by atoms with van der Waals surface area (Å²) in [6, 6.07) is 0. The molecule has 0 rings (SSSR count).